The van der Waals surface area contributed by atoms with Crippen molar-refractivity contribution in [2.75, 3.05) is 0 Å². The van der Waals surface area contributed by atoms with E-state index in [1.165, 1.54) is 32.1 Å². The molecule has 0 N–H and O–H groups in total. The Labute approximate surface area is 111 Å². The van der Waals surface area contributed by atoms with Gasteiger partial charge in [0.05, 0.1) is 0 Å². The van der Waals surface area contributed by atoms with Crippen LogP contribution in [0.2, 0.25) is 0 Å². The fourth-order valence-electron chi connectivity index (χ4n) is 2.83. The van der Waals surface area contributed by atoms with Gasteiger partial charge in [0, 0.05) is 0 Å². The van der Waals surface area contributed by atoms with E-state index in [-0.39, 0.29) is 0 Å². The third-order valence-electron chi connectivity index (χ3n) is 4.42. The summed E-state index contributed by atoms with van der Waals surface area (Å²) in [6, 6.07) is 0. The Morgan fingerprint density at radius 2 is 1.24 bits per heavy atom. The maximum Gasteiger partial charge on any atom is -0.0354 e. The van der Waals surface area contributed by atoms with E-state index in [2.05, 4.69) is 55.4 Å². The van der Waals surface area contributed by atoms with Crippen LogP contribution < -0.4 is 0 Å². The molecule has 0 aromatic carbocycles. The van der Waals surface area contributed by atoms with Crippen molar-refractivity contribution in [1.29, 1.82) is 0 Å². The van der Waals surface area contributed by atoms with Gasteiger partial charge in [-0.3, -0.25) is 0 Å². The van der Waals surface area contributed by atoms with Gasteiger partial charge in [0.15, 0.2) is 0 Å². The number of hydrogen-bond donors (Lipinski definition) is 0. The van der Waals surface area contributed by atoms with E-state index in [0.29, 0.717) is 10.8 Å². The highest BCUT2D eigenvalue weighted by Gasteiger charge is 2.31. The summed E-state index contributed by atoms with van der Waals surface area (Å²) in [6.45, 7) is 19.1. The molecule has 104 valence electrons. The van der Waals surface area contributed by atoms with Crippen molar-refractivity contribution in [1.82, 2.24) is 0 Å². The average molecular weight is 240 g/mol. The van der Waals surface area contributed by atoms with Gasteiger partial charge >= 0.3 is 0 Å². The molecular weight excluding hydrogens is 204 g/mol. The predicted molar refractivity (Wildman–Crippen MR) is 80.3 cm³/mol. The van der Waals surface area contributed by atoms with Crippen LogP contribution in [0.25, 0.3) is 0 Å². The van der Waals surface area contributed by atoms with Gasteiger partial charge in [0.25, 0.3) is 0 Å². The summed E-state index contributed by atoms with van der Waals surface area (Å²) in [5.74, 6) is 1.75. The monoisotopic (exact) mass is 240 g/mol. The van der Waals surface area contributed by atoms with Crippen LogP contribution in [0.5, 0.6) is 0 Å². The molecule has 0 saturated carbocycles. The van der Waals surface area contributed by atoms with Gasteiger partial charge in [-0.2, -0.15) is 0 Å². The summed E-state index contributed by atoms with van der Waals surface area (Å²) in [4.78, 5) is 0. The zero-order valence-corrected chi connectivity index (χ0v) is 13.7. The Morgan fingerprint density at radius 1 is 0.765 bits per heavy atom. The standard InChI is InChI=1S/C17H36/c1-9-11-12-15(17(6,7)8)13-14(10-2)16(3,4)5/h14-15H,9-13H2,1-8H3. The molecule has 0 nitrogen and oxygen atoms in total. The van der Waals surface area contributed by atoms with Crippen molar-refractivity contribution in [3.63, 3.8) is 0 Å². The Kier molecular flexibility index (Phi) is 6.81. The van der Waals surface area contributed by atoms with Crippen molar-refractivity contribution in [2.45, 2.75) is 87.5 Å². The zero-order valence-electron chi connectivity index (χ0n) is 13.7. The molecule has 0 aliphatic heterocycles. The maximum atomic E-state index is 2.42. The lowest BCUT2D eigenvalue weighted by Crippen LogP contribution is -2.28. The van der Waals surface area contributed by atoms with Crippen LogP contribution in [0.15, 0.2) is 0 Å². The largest absolute Gasteiger partial charge is 0.0654 e. The van der Waals surface area contributed by atoms with Gasteiger partial charge in [-0.15, -0.1) is 0 Å². The third-order valence-corrected chi connectivity index (χ3v) is 4.42. The quantitative estimate of drug-likeness (QED) is 0.511. The maximum absolute atomic E-state index is 2.42. The molecule has 2 atom stereocenters. The Hall–Kier alpha value is 0. The van der Waals surface area contributed by atoms with E-state index in [1.54, 1.807) is 0 Å². The Balaban J connectivity index is 4.61. The lowest BCUT2D eigenvalue weighted by Gasteiger charge is -2.38. The van der Waals surface area contributed by atoms with Crippen LogP contribution in [0.4, 0.5) is 0 Å². The molecule has 17 heavy (non-hydrogen) atoms. The lowest BCUT2D eigenvalue weighted by atomic mass is 9.67. The highest BCUT2D eigenvalue weighted by molar-refractivity contribution is 4.81. The van der Waals surface area contributed by atoms with Crippen LogP contribution in [-0.4, -0.2) is 0 Å². The Bertz CT molecular complexity index is 189. The molecule has 0 saturated heterocycles. The van der Waals surface area contributed by atoms with E-state index in [4.69, 9.17) is 0 Å². The van der Waals surface area contributed by atoms with Crippen molar-refractivity contribution < 1.29 is 0 Å². The highest BCUT2D eigenvalue weighted by Crippen LogP contribution is 2.41. The van der Waals surface area contributed by atoms with Gasteiger partial charge in [-0.25, -0.2) is 0 Å². The summed E-state index contributed by atoms with van der Waals surface area (Å²) in [7, 11) is 0. The first-order valence-corrected chi connectivity index (χ1v) is 7.62. The summed E-state index contributed by atoms with van der Waals surface area (Å²) in [6.07, 6.45) is 6.86. The second-order valence-electron chi connectivity index (χ2n) is 7.91. The number of unbranched alkanes of at least 4 members (excludes halogenated alkanes) is 1. The summed E-state index contributed by atoms with van der Waals surface area (Å²) >= 11 is 0. The normalized spacial score (nSPS) is 16.9. The van der Waals surface area contributed by atoms with Crippen molar-refractivity contribution in [2.24, 2.45) is 22.7 Å². The topological polar surface area (TPSA) is 0 Å². The third kappa shape index (κ3) is 6.48. The van der Waals surface area contributed by atoms with Crippen LogP contribution in [0.3, 0.4) is 0 Å². The minimum absolute atomic E-state index is 0.463. The van der Waals surface area contributed by atoms with E-state index in [1.807, 2.05) is 0 Å². The van der Waals surface area contributed by atoms with Gasteiger partial charge in [-0.1, -0.05) is 74.7 Å². The molecule has 0 rings (SSSR count). The van der Waals surface area contributed by atoms with Crippen molar-refractivity contribution in [3.05, 3.63) is 0 Å². The van der Waals surface area contributed by atoms with E-state index >= 15 is 0 Å². The lowest BCUT2D eigenvalue weighted by molar-refractivity contribution is 0.121. The summed E-state index contributed by atoms with van der Waals surface area (Å²) in [5, 5.41) is 0. The van der Waals surface area contributed by atoms with Gasteiger partial charge < -0.3 is 0 Å². The fraction of sp³-hybridized carbons (Fsp3) is 1.00. The molecule has 0 spiro atoms. The molecule has 0 heterocycles. The molecule has 0 aliphatic carbocycles. The van der Waals surface area contributed by atoms with Crippen LogP contribution >= 0.6 is 0 Å². The SMILES string of the molecule is CCCCC(CC(CC)C(C)(C)C)C(C)(C)C. The van der Waals surface area contributed by atoms with Crippen molar-refractivity contribution >= 4 is 0 Å². The summed E-state index contributed by atoms with van der Waals surface area (Å²) in [5.41, 5.74) is 0.929. The van der Waals surface area contributed by atoms with Crippen LogP contribution in [0, 0.1) is 22.7 Å². The van der Waals surface area contributed by atoms with Gasteiger partial charge in [-0.05, 0) is 35.5 Å². The molecule has 0 radical (unpaired) electrons. The molecule has 0 aliphatic rings. The van der Waals surface area contributed by atoms with E-state index < -0.39 is 0 Å². The minimum Gasteiger partial charge on any atom is -0.0654 e. The molecule has 0 aromatic heterocycles. The summed E-state index contributed by atoms with van der Waals surface area (Å²) < 4.78 is 0. The van der Waals surface area contributed by atoms with Crippen LogP contribution in [-0.2, 0) is 0 Å². The predicted octanol–water partition coefficient (Wildman–Crippen LogP) is 6.30. The minimum atomic E-state index is 0.463. The molecule has 0 bridgehead atoms. The fourth-order valence-corrected chi connectivity index (χ4v) is 2.83. The highest BCUT2D eigenvalue weighted by atomic mass is 14.4. The zero-order chi connectivity index (χ0) is 13.7. The molecule has 0 amide bonds. The second-order valence-corrected chi connectivity index (χ2v) is 7.91. The first-order valence-electron chi connectivity index (χ1n) is 7.62. The van der Waals surface area contributed by atoms with Crippen molar-refractivity contribution in [3.8, 4) is 0 Å². The van der Waals surface area contributed by atoms with E-state index in [0.717, 1.165) is 11.8 Å². The number of rotatable bonds is 6. The smallest absolute Gasteiger partial charge is 0.0354 e. The van der Waals surface area contributed by atoms with Crippen LogP contribution in [0.1, 0.15) is 87.5 Å². The van der Waals surface area contributed by atoms with Gasteiger partial charge in [0.1, 0.15) is 0 Å². The molecule has 2 unspecified atom stereocenters. The first kappa shape index (κ1) is 17.0. The first-order chi connectivity index (χ1) is 7.62. The van der Waals surface area contributed by atoms with E-state index in [9.17, 15) is 0 Å². The Morgan fingerprint density at radius 3 is 1.53 bits per heavy atom. The molecule has 0 fully saturated rings. The molecule has 0 aromatic rings. The second kappa shape index (κ2) is 6.81. The molecular formula is C17H36. The average Bonchev–Trinajstić information content (AvgIpc) is 2.14. The molecule has 0 heteroatoms. The van der Waals surface area contributed by atoms with Gasteiger partial charge in [0.2, 0.25) is 0 Å². The number of hydrogen-bond acceptors (Lipinski definition) is 0.